The lowest BCUT2D eigenvalue weighted by Gasteiger charge is -2.14. The van der Waals surface area contributed by atoms with Gasteiger partial charge in [-0.1, -0.05) is 26.8 Å². The van der Waals surface area contributed by atoms with Gasteiger partial charge in [0.1, 0.15) is 10.5 Å². The summed E-state index contributed by atoms with van der Waals surface area (Å²) in [4.78, 5) is 9.39. The van der Waals surface area contributed by atoms with E-state index in [9.17, 15) is 0 Å². The zero-order chi connectivity index (χ0) is 16.1. The lowest BCUT2D eigenvalue weighted by molar-refractivity contribution is 0.573. The molecule has 2 heterocycles. The number of hydrogen-bond acceptors (Lipinski definition) is 3. The highest BCUT2D eigenvalue weighted by atomic mass is 35.5. The van der Waals surface area contributed by atoms with Crippen LogP contribution in [0.3, 0.4) is 0 Å². The van der Waals surface area contributed by atoms with Gasteiger partial charge in [-0.2, -0.15) is 0 Å². The van der Waals surface area contributed by atoms with Gasteiger partial charge in [-0.15, -0.1) is 11.3 Å². The summed E-state index contributed by atoms with van der Waals surface area (Å²) in [5.74, 6) is 0. The van der Waals surface area contributed by atoms with Gasteiger partial charge in [0.25, 0.3) is 0 Å². The van der Waals surface area contributed by atoms with Gasteiger partial charge < -0.3 is 4.57 Å². The van der Waals surface area contributed by atoms with E-state index in [4.69, 9.17) is 16.6 Å². The molecule has 0 aliphatic carbocycles. The molecule has 3 rings (SSSR count). The van der Waals surface area contributed by atoms with Crippen molar-refractivity contribution < 1.29 is 0 Å². The summed E-state index contributed by atoms with van der Waals surface area (Å²) < 4.78 is 2.05. The van der Waals surface area contributed by atoms with Crippen LogP contribution < -0.4 is 0 Å². The average molecular weight is 334 g/mol. The molecule has 0 spiro atoms. The molecule has 0 bridgehead atoms. The first-order valence-electron chi connectivity index (χ1n) is 7.42. The molecule has 0 amide bonds. The third kappa shape index (κ3) is 2.55. The Labute approximate surface area is 140 Å². The standard InChI is InChI=1S/C17H20ClN3S/c1-10(2)21-12-8-6-7-11(14(12)20-16(21)18)15-19-13(9-22-15)17(3,4)5/h6-10H,1-5H3. The van der Waals surface area contributed by atoms with E-state index in [-0.39, 0.29) is 11.5 Å². The predicted molar refractivity (Wildman–Crippen MR) is 94.9 cm³/mol. The molecule has 116 valence electrons. The minimum atomic E-state index is 0.0532. The summed E-state index contributed by atoms with van der Waals surface area (Å²) in [5.41, 5.74) is 4.21. The average Bonchev–Trinajstić information content (AvgIpc) is 3.00. The van der Waals surface area contributed by atoms with Gasteiger partial charge >= 0.3 is 0 Å². The van der Waals surface area contributed by atoms with Crippen LogP contribution in [0, 0.1) is 0 Å². The molecule has 0 aliphatic heterocycles. The van der Waals surface area contributed by atoms with Gasteiger partial charge in [0, 0.05) is 22.4 Å². The molecule has 0 atom stereocenters. The number of thiazole rings is 1. The van der Waals surface area contributed by atoms with Gasteiger partial charge in [-0.05, 0) is 37.6 Å². The molecular formula is C17H20ClN3S. The first-order chi connectivity index (χ1) is 10.3. The summed E-state index contributed by atoms with van der Waals surface area (Å²) in [7, 11) is 0. The number of fused-ring (bicyclic) bond motifs is 1. The third-order valence-electron chi connectivity index (χ3n) is 3.70. The van der Waals surface area contributed by atoms with Crippen molar-refractivity contribution >= 4 is 34.0 Å². The monoisotopic (exact) mass is 333 g/mol. The zero-order valence-corrected chi connectivity index (χ0v) is 15.1. The van der Waals surface area contributed by atoms with E-state index in [1.807, 2.05) is 6.07 Å². The number of nitrogens with zero attached hydrogens (tertiary/aromatic N) is 3. The van der Waals surface area contributed by atoms with Crippen LogP contribution in [-0.2, 0) is 5.41 Å². The summed E-state index contributed by atoms with van der Waals surface area (Å²) >= 11 is 8.00. The molecule has 22 heavy (non-hydrogen) atoms. The maximum atomic E-state index is 6.33. The molecular weight excluding hydrogens is 314 g/mol. The number of aromatic nitrogens is 3. The number of imidazole rings is 1. The first kappa shape index (κ1) is 15.5. The number of halogens is 1. The Morgan fingerprint density at radius 1 is 1.18 bits per heavy atom. The highest BCUT2D eigenvalue weighted by Gasteiger charge is 2.20. The van der Waals surface area contributed by atoms with Crippen molar-refractivity contribution in [2.24, 2.45) is 0 Å². The maximum Gasteiger partial charge on any atom is 0.204 e. The number of rotatable bonds is 2. The Kier molecular flexibility index (Phi) is 3.77. The molecule has 0 radical (unpaired) electrons. The van der Waals surface area contributed by atoms with Crippen LogP contribution in [0.4, 0.5) is 0 Å². The van der Waals surface area contributed by atoms with Gasteiger partial charge in [0.05, 0.1) is 11.2 Å². The Balaban J connectivity index is 2.20. The lowest BCUT2D eigenvalue weighted by atomic mass is 9.93. The summed E-state index contributed by atoms with van der Waals surface area (Å²) in [6, 6.07) is 6.46. The van der Waals surface area contributed by atoms with Gasteiger partial charge in [-0.25, -0.2) is 9.97 Å². The van der Waals surface area contributed by atoms with Gasteiger partial charge in [-0.3, -0.25) is 0 Å². The van der Waals surface area contributed by atoms with Crippen LogP contribution in [-0.4, -0.2) is 14.5 Å². The van der Waals surface area contributed by atoms with E-state index in [2.05, 4.69) is 61.7 Å². The second-order valence-corrected chi connectivity index (χ2v) is 8.00. The van der Waals surface area contributed by atoms with Crippen molar-refractivity contribution in [1.82, 2.24) is 14.5 Å². The topological polar surface area (TPSA) is 30.7 Å². The maximum absolute atomic E-state index is 6.33. The molecule has 3 nitrogen and oxygen atoms in total. The fourth-order valence-electron chi connectivity index (χ4n) is 2.49. The molecule has 3 aromatic rings. The van der Waals surface area contributed by atoms with Crippen LogP contribution in [0.25, 0.3) is 21.6 Å². The lowest BCUT2D eigenvalue weighted by Crippen LogP contribution is -2.11. The van der Waals surface area contributed by atoms with E-state index < -0.39 is 0 Å². The van der Waals surface area contributed by atoms with Crippen molar-refractivity contribution in [3.8, 4) is 10.6 Å². The minimum absolute atomic E-state index is 0.0532. The van der Waals surface area contributed by atoms with E-state index >= 15 is 0 Å². The molecule has 5 heteroatoms. The van der Waals surface area contributed by atoms with Crippen molar-refractivity contribution in [3.05, 3.63) is 34.6 Å². The molecule has 0 fully saturated rings. The van der Waals surface area contributed by atoms with Crippen molar-refractivity contribution in [2.75, 3.05) is 0 Å². The normalized spacial score (nSPS) is 12.5. The molecule has 0 unspecified atom stereocenters. The van der Waals surface area contributed by atoms with E-state index in [0.717, 1.165) is 27.3 Å². The third-order valence-corrected chi connectivity index (χ3v) is 4.84. The molecule has 0 saturated carbocycles. The highest BCUT2D eigenvalue weighted by molar-refractivity contribution is 7.13. The summed E-state index contributed by atoms with van der Waals surface area (Å²) in [6.07, 6.45) is 0. The second-order valence-electron chi connectivity index (χ2n) is 6.81. The van der Waals surface area contributed by atoms with Crippen molar-refractivity contribution in [3.63, 3.8) is 0 Å². The molecule has 1 aromatic carbocycles. The Morgan fingerprint density at radius 2 is 1.91 bits per heavy atom. The van der Waals surface area contributed by atoms with Crippen LogP contribution in [0.1, 0.15) is 46.4 Å². The van der Waals surface area contributed by atoms with Crippen molar-refractivity contribution in [2.45, 2.75) is 46.1 Å². The van der Waals surface area contributed by atoms with Crippen LogP contribution in [0.2, 0.25) is 5.28 Å². The largest absolute Gasteiger partial charge is 0.312 e. The van der Waals surface area contributed by atoms with Crippen LogP contribution in [0.5, 0.6) is 0 Å². The quantitative estimate of drug-likeness (QED) is 0.603. The Bertz CT molecular complexity index is 824. The van der Waals surface area contributed by atoms with Gasteiger partial charge in [0.15, 0.2) is 0 Å². The number of para-hydroxylation sites is 1. The predicted octanol–water partition coefficient (Wildman–Crippen LogP) is 5.69. The summed E-state index contributed by atoms with van der Waals surface area (Å²) in [6.45, 7) is 10.8. The second kappa shape index (κ2) is 5.36. The highest BCUT2D eigenvalue weighted by Crippen LogP contribution is 2.35. The Hall–Kier alpha value is -1.39. The molecule has 2 aromatic heterocycles. The van der Waals surface area contributed by atoms with Crippen molar-refractivity contribution in [1.29, 1.82) is 0 Å². The van der Waals surface area contributed by atoms with E-state index in [1.165, 1.54) is 0 Å². The van der Waals surface area contributed by atoms with Gasteiger partial charge in [0.2, 0.25) is 5.28 Å². The smallest absolute Gasteiger partial charge is 0.204 e. The van der Waals surface area contributed by atoms with E-state index in [0.29, 0.717) is 5.28 Å². The number of hydrogen-bond donors (Lipinski definition) is 0. The SMILES string of the molecule is CC(C)n1c(Cl)nc2c(-c3nc(C(C)(C)C)cs3)cccc21. The van der Waals surface area contributed by atoms with E-state index in [1.54, 1.807) is 11.3 Å². The first-order valence-corrected chi connectivity index (χ1v) is 8.67. The fourth-order valence-corrected chi connectivity index (χ4v) is 3.94. The molecule has 0 saturated heterocycles. The summed E-state index contributed by atoms with van der Waals surface area (Å²) in [5, 5.41) is 3.67. The molecule has 0 aliphatic rings. The van der Waals surface area contributed by atoms with Crippen LogP contribution >= 0.6 is 22.9 Å². The molecule has 0 N–H and O–H groups in total. The zero-order valence-electron chi connectivity index (χ0n) is 13.5. The van der Waals surface area contributed by atoms with Crippen LogP contribution in [0.15, 0.2) is 23.6 Å². The fraction of sp³-hybridized carbons (Fsp3) is 0.412. The number of benzene rings is 1. The minimum Gasteiger partial charge on any atom is -0.312 e. The Morgan fingerprint density at radius 3 is 2.50 bits per heavy atom.